The molecule has 1 aromatic rings. The first kappa shape index (κ1) is 17.9. The van der Waals surface area contributed by atoms with E-state index in [4.69, 9.17) is 0 Å². The van der Waals surface area contributed by atoms with Gasteiger partial charge in [-0.05, 0) is 32.6 Å². The van der Waals surface area contributed by atoms with Crippen LogP contribution in [0.4, 0.5) is 0 Å². The number of aromatic nitrogens is 3. The highest BCUT2D eigenvalue weighted by molar-refractivity contribution is 5.79. The molecule has 26 heavy (non-hydrogen) atoms. The molecule has 2 aliphatic heterocycles. The summed E-state index contributed by atoms with van der Waals surface area (Å²) >= 11 is 0. The van der Waals surface area contributed by atoms with Gasteiger partial charge in [0.05, 0.1) is 12.1 Å². The number of hydrogen-bond donors (Lipinski definition) is 1. The van der Waals surface area contributed by atoms with Crippen LogP contribution >= 0.6 is 0 Å². The molecule has 3 aliphatic rings. The smallest absolute Gasteiger partial charge is 0.225 e. The van der Waals surface area contributed by atoms with Gasteiger partial charge >= 0.3 is 0 Å². The van der Waals surface area contributed by atoms with Crippen molar-refractivity contribution in [2.45, 2.75) is 57.6 Å². The monoisotopic (exact) mass is 361 g/mol. The second-order valence-corrected chi connectivity index (χ2v) is 8.50. The van der Waals surface area contributed by atoms with Gasteiger partial charge in [-0.3, -0.25) is 14.4 Å². The summed E-state index contributed by atoms with van der Waals surface area (Å²) in [6, 6.07) is 0. The molecule has 1 amide bonds. The van der Waals surface area contributed by atoms with Crippen LogP contribution in [0.25, 0.3) is 0 Å². The lowest BCUT2D eigenvalue weighted by Gasteiger charge is -2.50. The lowest BCUT2D eigenvalue weighted by Crippen LogP contribution is -2.61. The molecular weight excluding hydrogens is 330 g/mol. The van der Waals surface area contributed by atoms with Gasteiger partial charge in [-0.2, -0.15) is 5.10 Å². The third-order valence-corrected chi connectivity index (χ3v) is 6.70. The fourth-order valence-corrected chi connectivity index (χ4v) is 5.04. The maximum absolute atomic E-state index is 12.8. The van der Waals surface area contributed by atoms with E-state index in [0.29, 0.717) is 25.4 Å². The number of carbonyl (C=O) groups excluding carboxylic acids is 1. The van der Waals surface area contributed by atoms with Gasteiger partial charge in [-0.1, -0.05) is 12.8 Å². The van der Waals surface area contributed by atoms with E-state index in [1.807, 2.05) is 23.6 Å². The summed E-state index contributed by atoms with van der Waals surface area (Å²) in [6.07, 6.45) is 5.95. The third-order valence-electron chi connectivity index (χ3n) is 6.70. The van der Waals surface area contributed by atoms with E-state index in [1.54, 1.807) is 0 Å². The molecule has 0 bridgehead atoms. The Bertz CT molecular complexity index is 669. The van der Waals surface area contributed by atoms with Crippen LogP contribution in [-0.2, 0) is 18.4 Å². The Morgan fingerprint density at radius 1 is 1.23 bits per heavy atom. The molecule has 144 valence electrons. The van der Waals surface area contributed by atoms with E-state index in [2.05, 4.69) is 15.0 Å². The molecule has 3 heterocycles. The molecule has 0 aromatic carbocycles. The quantitative estimate of drug-likeness (QED) is 0.873. The zero-order valence-corrected chi connectivity index (χ0v) is 16.0. The van der Waals surface area contributed by atoms with Gasteiger partial charge in [0, 0.05) is 45.1 Å². The van der Waals surface area contributed by atoms with Crippen LogP contribution in [0.5, 0.6) is 0 Å². The van der Waals surface area contributed by atoms with Crippen molar-refractivity contribution >= 4 is 5.91 Å². The van der Waals surface area contributed by atoms with Crippen molar-refractivity contribution in [3.8, 4) is 0 Å². The Hall–Kier alpha value is -1.47. The predicted molar refractivity (Wildman–Crippen MR) is 97.2 cm³/mol. The Balaban J connectivity index is 1.41. The van der Waals surface area contributed by atoms with Crippen LogP contribution in [0, 0.1) is 18.8 Å². The minimum absolute atomic E-state index is 0.129. The summed E-state index contributed by atoms with van der Waals surface area (Å²) < 4.78 is 1.84. The molecule has 1 saturated carbocycles. The van der Waals surface area contributed by atoms with Crippen LogP contribution in [0.3, 0.4) is 0 Å². The predicted octanol–water partition coefficient (Wildman–Crippen LogP) is 1.10. The second kappa shape index (κ2) is 6.93. The van der Waals surface area contributed by atoms with Crippen LogP contribution in [0.15, 0.2) is 0 Å². The molecule has 1 N–H and O–H groups in total. The molecular formula is C19H31N5O2. The Labute approximate surface area is 155 Å². The molecule has 1 aromatic heterocycles. The van der Waals surface area contributed by atoms with Crippen molar-refractivity contribution in [2.24, 2.45) is 18.9 Å². The summed E-state index contributed by atoms with van der Waals surface area (Å²) in [4.78, 5) is 21.7. The third kappa shape index (κ3) is 3.39. The molecule has 4 rings (SSSR count). The second-order valence-electron chi connectivity index (χ2n) is 8.50. The standard InChI is InChI=1S/C19H31N5O2/c1-14-20-17(22(2)21-14)13-23-9-7-19(26)8-10-24(12-16(19)11-23)18(25)15-5-3-4-6-15/h15-16,26H,3-13H2,1-2H3/t16-,19-/m1/s1. The highest BCUT2D eigenvalue weighted by Crippen LogP contribution is 2.37. The zero-order chi connectivity index (χ0) is 18.3. The fourth-order valence-electron chi connectivity index (χ4n) is 5.04. The van der Waals surface area contributed by atoms with Gasteiger partial charge < -0.3 is 10.0 Å². The van der Waals surface area contributed by atoms with E-state index in [0.717, 1.165) is 50.5 Å². The molecule has 3 fully saturated rings. The lowest BCUT2D eigenvalue weighted by molar-refractivity contribution is -0.150. The molecule has 2 atom stereocenters. The Morgan fingerprint density at radius 3 is 2.65 bits per heavy atom. The van der Waals surface area contributed by atoms with Gasteiger partial charge in [0.2, 0.25) is 5.91 Å². The van der Waals surface area contributed by atoms with Crippen LogP contribution in [0.1, 0.15) is 50.2 Å². The first-order chi connectivity index (χ1) is 12.4. The van der Waals surface area contributed by atoms with Crippen LogP contribution in [-0.4, -0.2) is 67.4 Å². The van der Waals surface area contributed by atoms with Crippen molar-refractivity contribution in [2.75, 3.05) is 26.2 Å². The molecule has 7 heteroatoms. The number of aliphatic hydroxyl groups is 1. The lowest BCUT2D eigenvalue weighted by atomic mass is 9.75. The topological polar surface area (TPSA) is 74.5 Å². The number of hydrogen-bond acceptors (Lipinski definition) is 5. The van der Waals surface area contributed by atoms with Crippen molar-refractivity contribution in [3.05, 3.63) is 11.6 Å². The normalized spacial score (nSPS) is 30.6. The van der Waals surface area contributed by atoms with E-state index in [9.17, 15) is 9.90 Å². The number of rotatable bonds is 3. The number of fused-ring (bicyclic) bond motifs is 1. The SMILES string of the molecule is Cc1nc(CN2CC[C@@]3(O)CCN(C(=O)C4CCCC4)C[C@H]3C2)n(C)n1. The van der Waals surface area contributed by atoms with Crippen molar-refractivity contribution in [1.29, 1.82) is 0 Å². The maximum atomic E-state index is 12.8. The highest BCUT2D eigenvalue weighted by atomic mass is 16.3. The number of piperidine rings is 2. The number of nitrogens with zero attached hydrogens (tertiary/aromatic N) is 5. The minimum atomic E-state index is -0.612. The molecule has 7 nitrogen and oxygen atoms in total. The summed E-state index contributed by atoms with van der Waals surface area (Å²) in [6.45, 7) is 5.75. The van der Waals surface area contributed by atoms with Crippen molar-refractivity contribution in [1.82, 2.24) is 24.6 Å². The minimum Gasteiger partial charge on any atom is -0.389 e. The van der Waals surface area contributed by atoms with Crippen molar-refractivity contribution < 1.29 is 9.90 Å². The molecule has 0 radical (unpaired) electrons. The summed E-state index contributed by atoms with van der Waals surface area (Å²) in [5.74, 6) is 2.43. The van der Waals surface area contributed by atoms with E-state index in [1.165, 1.54) is 12.8 Å². The Morgan fingerprint density at radius 2 is 1.96 bits per heavy atom. The number of likely N-dealkylation sites (tertiary alicyclic amines) is 2. The summed E-state index contributed by atoms with van der Waals surface area (Å²) in [7, 11) is 1.93. The first-order valence-corrected chi connectivity index (χ1v) is 10.0. The molecule has 0 spiro atoms. The average Bonchev–Trinajstić information content (AvgIpc) is 3.24. The molecule has 1 aliphatic carbocycles. The maximum Gasteiger partial charge on any atom is 0.225 e. The van der Waals surface area contributed by atoms with Crippen LogP contribution in [0.2, 0.25) is 0 Å². The molecule has 2 saturated heterocycles. The summed E-state index contributed by atoms with van der Waals surface area (Å²) in [5, 5.41) is 15.4. The number of carbonyl (C=O) groups is 1. The Kier molecular flexibility index (Phi) is 4.77. The first-order valence-electron chi connectivity index (χ1n) is 10.0. The number of amides is 1. The van der Waals surface area contributed by atoms with Gasteiger partial charge in [0.25, 0.3) is 0 Å². The average molecular weight is 361 g/mol. The number of aryl methyl sites for hydroxylation is 2. The van der Waals surface area contributed by atoms with E-state index >= 15 is 0 Å². The largest absolute Gasteiger partial charge is 0.389 e. The molecule has 0 unspecified atom stereocenters. The van der Waals surface area contributed by atoms with Gasteiger partial charge in [-0.25, -0.2) is 4.98 Å². The van der Waals surface area contributed by atoms with Gasteiger partial charge in [-0.15, -0.1) is 0 Å². The highest BCUT2D eigenvalue weighted by Gasteiger charge is 2.46. The van der Waals surface area contributed by atoms with Gasteiger partial charge in [0.1, 0.15) is 11.6 Å². The van der Waals surface area contributed by atoms with E-state index < -0.39 is 5.60 Å². The van der Waals surface area contributed by atoms with Gasteiger partial charge in [0.15, 0.2) is 0 Å². The van der Waals surface area contributed by atoms with Crippen LogP contribution < -0.4 is 0 Å². The van der Waals surface area contributed by atoms with E-state index in [-0.39, 0.29) is 11.8 Å². The van der Waals surface area contributed by atoms with Crippen molar-refractivity contribution in [3.63, 3.8) is 0 Å². The summed E-state index contributed by atoms with van der Waals surface area (Å²) in [5.41, 5.74) is -0.612. The fraction of sp³-hybridized carbons (Fsp3) is 0.842. The zero-order valence-electron chi connectivity index (χ0n) is 16.0.